The molecule has 0 atom stereocenters. The molecule has 1 amide bonds. The Morgan fingerprint density at radius 2 is 1.88 bits per heavy atom. The molecule has 1 aliphatic heterocycles. The first kappa shape index (κ1) is 21.8. The van der Waals surface area contributed by atoms with Crippen molar-refractivity contribution in [3.8, 4) is 0 Å². The number of hydrogen-bond acceptors (Lipinski definition) is 8. The molecule has 32 heavy (non-hydrogen) atoms. The van der Waals surface area contributed by atoms with Crippen LogP contribution in [0.3, 0.4) is 0 Å². The number of nitrogens with one attached hydrogen (secondary N) is 3. The summed E-state index contributed by atoms with van der Waals surface area (Å²) in [5.41, 5.74) is 1.70. The van der Waals surface area contributed by atoms with Crippen molar-refractivity contribution in [1.82, 2.24) is 20.2 Å². The van der Waals surface area contributed by atoms with E-state index in [0.29, 0.717) is 49.1 Å². The third-order valence-corrected chi connectivity index (χ3v) is 5.84. The quantitative estimate of drug-likeness (QED) is 0.463. The van der Waals surface area contributed by atoms with Gasteiger partial charge in [-0.1, -0.05) is 6.92 Å². The zero-order valence-electron chi connectivity index (χ0n) is 18.0. The van der Waals surface area contributed by atoms with Crippen LogP contribution in [0.5, 0.6) is 0 Å². The summed E-state index contributed by atoms with van der Waals surface area (Å²) in [5.74, 6) is 2.34. The third kappa shape index (κ3) is 5.64. The van der Waals surface area contributed by atoms with Crippen molar-refractivity contribution in [3.05, 3.63) is 42.1 Å². The van der Waals surface area contributed by atoms with Crippen molar-refractivity contribution in [2.75, 3.05) is 28.6 Å². The van der Waals surface area contributed by atoms with Crippen molar-refractivity contribution in [2.45, 2.75) is 43.2 Å². The first-order valence-corrected chi connectivity index (χ1v) is 11.3. The number of carbonyl (C=O) groups excluding carboxylic acids is 2. The van der Waals surface area contributed by atoms with E-state index < -0.39 is 0 Å². The smallest absolute Gasteiger partial charge is 0.224 e. The van der Waals surface area contributed by atoms with Gasteiger partial charge in [-0.3, -0.25) is 14.7 Å². The number of Topliss-reactive ketones (excluding diaryl/α,β-unsaturated/α-hetero) is 1. The second-order valence-corrected chi connectivity index (χ2v) is 8.55. The molecule has 0 bridgehead atoms. The molecule has 0 saturated carbocycles. The first-order chi connectivity index (χ1) is 15.5. The Morgan fingerprint density at radius 1 is 1.12 bits per heavy atom. The lowest BCUT2D eigenvalue weighted by Crippen LogP contribution is -2.34. The molecule has 0 unspecified atom stereocenters. The number of aryl methyl sites for hydroxylation is 1. The third-order valence-electron chi connectivity index (χ3n) is 4.97. The summed E-state index contributed by atoms with van der Waals surface area (Å²) in [7, 11) is 0. The van der Waals surface area contributed by atoms with Gasteiger partial charge < -0.3 is 15.5 Å². The maximum Gasteiger partial charge on any atom is 0.224 e. The van der Waals surface area contributed by atoms with E-state index in [9.17, 15) is 9.59 Å². The molecular weight excluding hydrogens is 426 g/mol. The Balaban J connectivity index is 1.56. The molecular formula is C22H25N7O2S. The lowest BCUT2D eigenvalue weighted by atomic mass is 10.1. The van der Waals surface area contributed by atoms with Gasteiger partial charge in [0, 0.05) is 60.8 Å². The van der Waals surface area contributed by atoms with E-state index in [1.165, 1.54) is 11.8 Å². The number of hydrogen-bond donors (Lipinski definition) is 3. The summed E-state index contributed by atoms with van der Waals surface area (Å²) in [6, 6.07) is 11.4. The zero-order valence-corrected chi connectivity index (χ0v) is 18.8. The molecule has 1 aromatic carbocycles. The number of H-pyrrole nitrogens is 1. The number of benzene rings is 1. The van der Waals surface area contributed by atoms with Crippen molar-refractivity contribution in [3.63, 3.8) is 0 Å². The molecule has 1 saturated heterocycles. The topological polar surface area (TPSA) is 116 Å². The van der Waals surface area contributed by atoms with Crippen LogP contribution in [0.25, 0.3) is 0 Å². The van der Waals surface area contributed by atoms with Crippen LogP contribution in [0, 0.1) is 6.92 Å². The van der Waals surface area contributed by atoms with Crippen LogP contribution < -0.4 is 15.5 Å². The lowest BCUT2D eigenvalue weighted by Gasteiger charge is -2.27. The molecule has 1 aliphatic rings. The standard InChI is InChI=1S/C22H25N7O2S/c1-3-21(31)23-15-4-6-17(7-5-15)32-22-25-18(24-19-12-14(2)27-28-19)13-20(26-22)29-10-8-16(30)9-11-29/h4-7,12-13H,3,8-11H2,1-2H3,(H,23,31)(H2,24,25,26,27,28). The average molecular weight is 452 g/mol. The number of aromatic amines is 1. The lowest BCUT2D eigenvalue weighted by molar-refractivity contribution is -0.119. The molecule has 3 heterocycles. The van der Waals surface area contributed by atoms with E-state index in [0.717, 1.165) is 22.1 Å². The second-order valence-electron chi connectivity index (χ2n) is 7.51. The minimum atomic E-state index is -0.0224. The Hall–Kier alpha value is -3.40. The van der Waals surface area contributed by atoms with Gasteiger partial charge in [-0.15, -0.1) is 0 Å². The van der Waals surface area contributed by atoms with Crippen LogP contribution in [0.2, 0.25) is 0 Å². The zero-order chi connectivity index (χ0) is 22.5. The van der Waals surface area contributed by atoms with E-state index in [2.05, 4.69) is 30.7 Å². The Morgan fingerprint density at radius 3 is 2.53 bits per heavy atom. The van der Waals surface area contributed by atoms with Gasteiger partial charge in [0.1, 0.15) is 17.4 Å². The van der Waals surface area contributed by atoms with Crippen molar-refractivity contribution >= 4 is 46.6 Å². The van der Waals surface area contributed by atoms with Gasteiger partial charge in [-0.2, -0.15) is 5.10 Å². The number of nitrogens with zero attached hydrogens (tertiary/aromatic N) is 4. The average Bonchev–Trinajstić information content (AvgIpc) is 3.19. The van der Waals surface area contributed by atoms with E-state index in [4.69, 9.17) is 4.98 Å². The molecule has 0 radical (unpaired) electrons. The molecule has 1 fully saturated rings. The molecule has 3 aromatic rings. The number of carbonyl (C=O) groups is 2. The molecule has 166 valence electrons. The normalized spacial score (nSPS) is 13.8. The summed E-state index contributed by atoms with van der Waals surface area (Å²) in [4.78, 5) is 35.7. The van der Waals surface area contributed by atoms with E-state index in [1.54, 1.807) is 0 Å². The van der Waals surface area contributed by atoms with Gasteiger partial charge >= 0.3 is 0 Å². The highest BCUT2D eigenvalue weighted by atomic mass is 32.2. The minimum absolute atomic E-state index is 0.0224. The molecule has 4 rings (SSSR count). The Labute approximate surface area is 190 Å². The SMILES string of the molecule is CCC(=O)Nc1ccc(Sc2nc(Nc3cc(C)[nH]n3)cc(N3CCC(=O)CC3)n2)cc1. The molecule has 0 spiro atoms. The van der Waals surface area contributed by atoms with Gasteiger partial charge in [-0.25, -0.2) is 9.97 Å². The maximum absolute atomic E-state index is 11.7. The van der Waals surface area contributed by atoms with Crippen molar-refractivity contribution < 1.29 is 9.59 Å². The molecule has 3 N–H and O–H groups in total. The van der Waals surface area contributed by atoms with E-state index >= 15 is 0 Å². The van der Waals surface area contributed by atoms with E-state index in [-0.39, 0.29) is 11.7 Å². The van der Waals surface area contributed by atoms with Gasteiger partial charge in [-0.05, 0) is 43.0 Å². The van der Waals surface area contributed by atoms with Gasteiger partial charge in [0.15, 0.2) is 11.0 Å². The largest absolute Gasteiger partial charge is 0.356 e. The van der Waals surface area contributed by atoms with Crippen LogP contribution in [0.15, 0.2) is 46.5 Å². The fourth-order valence-corrected chi connectivity index (χ4v) is 4.01. The predicted octanol–water partition coefficient (Wildman–Crippen LogP) is 3.92. The fourth-order valence-electron chi connectivity index (χ4n) is 3.24. The summed E-state index contributed by atoms with van der Waals surface area (Å²) in [5, 5.41) is 13.8. The highest BCUT2D eigenvalue weighted by molar-refractivity contribution is 7.99. The van der Waals surface area contributed by atoms with Crippen molar-refractivity contribution in [2.24, 2.45) is 0 Å². The van der Waals surface area contributed by atoms with Crippen molar-refractivity contribution in [1.29, 1.82) is 0 Å². The number of anilines is 4. The predicted molar refractivity (Wildman–Crippen MR) is 125 cm³/mol. The van der Waals surface area contributed by atoms with Crippen LogP contribution in [-0.2, 0) is 9.59 Å². The Kier molecular flexibility index (Phi) is 6.69. The Bertz CT molecular complexity index is 1100. The second kappa shape index (κ2) is 9.82. The fraction of sp³-hybridized carbons (Fsp3) is 0.318. The van der Waals surface area contributed by atoms with Gasteiger partial charge in [0.25, 0.3) is 0 Å². The first-order valence-electron chi connectivity index (χ1n) is 10.5. The molecule has 0 aliphatic carbocycles. The maximum atomic E-state index is 11.7. The highest BCUT2D eigenvalue weighted by Crippen LogP contribution is 2.30. The number of ketones is 1. The number of aromatic nitrogens is 4. The van der Waals surface area contributed by atoms with Crippen LogP contribution >= 0.6 is 11.8 Å². The summed E-state index contributed by atoms with van der Waals surface area (Å²) in [6.45, 7) is 5.04. The van der Waals surface area contributed by atoms with Crippen LogP contribution in [0.1, 0.15) is 31.9 Å². The monoisotopic (exact) mass is 451 g/mol. The summed E-state index contributed by atoms with van der Waals surface area (Å²) >= 11 is 1.43. The minimum Gasteiger partial charge on any atom is -0.356 e. The van der Waals surface area contributed by atoms with E-state index in [1.807, 2.05) is 50.2 Å². The van der Waals surface area contributed by atoms with Crippen LogP contribution in [0.4, 0.5) is 23.1 Å². The molecule has 2 aromatic heterocycles. The molecule has 9 nitrogen and oxygen atoms in total. The van der Waals surface area contributed by atoms with Crippen LogP contribution in [-0.4, -0.2) is 44.9 Å². The number of amides is 1. The highest BCUT2D eigenvalue weighted by Gasteiger charge is 2.19. The van der Waals surface area contributed by atoms with Gasteiger partial charge in [0.2, 0.25) is 5.91 Å². The summed E-state index contributed by atoms with van der Waals surface area (Å²) < 4.78 is 0. The van der Waals surface area contributed by atoms with Gasteiger partial charge in [0.05, 0.1) is 0 Å². The number of piperidine rings is 1. The summed E-state index contributed by atoms with van der Waals surface area (Å²) in [6.07, 6.45) is 1.49. The molecule has 10 heteroatoms. The number of rotatable bonds is 7.